The Morgan fingerprint density at radius 1 is 1.04 bits per heavy atom. The first-order valence-electron chi connectivity index (χ1n) is 8.88. The number of hydrogen-bond acceptors (Lipinski definition) is 2. The predicted octanol–water partition coefficient (Wildman–Crippen LogP) is 2.87. The number of nitrogens with zero attached hydrogens (tertiary/aromatic N) is 1. The van der Waals surface area contributed by atoms with Gasteiger partial charge in [-0.05, 0) is 56.3 Å². The highest BCUT2D eigenvalue weighted by Crippen LogP contribution is 2.33. The van der Waals surface area contributed by atoms with E-state index in [-0.39, 0.29) is 5.92 Å². The number of para-hydroxylation sites is 1. The van der Waals surface area contributed by atoms with E-state index in [9.17, 15) is 4.79 Å². The number of piperidine rings is 2. The standard InChI is InChI=1S/C19H25N3O/c23-19(15-5-9-20-10-6-15)22-11-7-14(8-12-22)17-13-21-18-4-2-1-3-16(17)18/h1-4,13-15,20-21H,5-12H2. The van der Waals surface area contributed by atoms with Gasteiger partial charge in [-0.1, -0.05) is 18.2 Å². The number of rotatable bonds is 2. The summed E-state index contributed by atoms with van der Waals surface area (Å²) < 4.78 is 0. The molecule has 1 aromatic carbocycles. The van der Waals surface area contributed by atoms with Gasteiger partial charge in [-0.2, -0.15) is 0 Å². The molecule has 0 radical (unpaired) electrons. The van der Waals surface area contributed by atoms with Gasteiger partial charge in [-0.3, -0.25) is 4.79 Å². The monoisotopic (exact) mass is 311 g/mol. The minimum atomic E-state index is 0.251. The Morgan fingerprint density at radius 2 is 1.78 bits per heavy atom. The Bertz CT molecular complexity index is 679. The van der Waals surface area contributed by atoms with Crippen molar-refractivity contribution in [1.82, 2.24) is 15.2 Å². The lowest BCUT2D eigenvalue weighted by Crippen LogP contribution is -2.44. The van der Waals surface area contributed by atoms with Crippen LogP contribution in [0.25, 0.3) is 10.9 Å². The molecule has 1 aromatic heterocycles. The van der Waals surface area contributed by atoms with Crippen molar-refractivity contribution in [2.45, 2.75) is 31.6 Å². The number of benzene rings is 1. The highest BCUT2D eigenvalue weighted by molar-refractivity contribution is 5.84. The molecule has 2 saturated heterocycles. The van der Waals surface area contributed by atoms with Crippen LogP contribution in [0.2, 0.25) is 0 Å². The van der Waals surface area contributed by atoms with Crippen LogP contribution in [0.5, 0.6) is 0 Å². The molecule has 1 amide bonds. The summed E-state index contributed by atoms with van der Waals surface area (Å²) >= 11 is 0. The number of nitrogens with one attached hydrogen (secondary N) is 2. The van der Waals surface area contributed by atoms with Crippen LogP contribution in [-0.4, -0.2) is 42.0 Å². The summed E-state index contributed by atoms with van der Waals surface area (Å²) in [7, 11) is 0. The zero-order valence-electron chi connectivity index (χ0n) is 13.6. The highest BCUT2D eigenvalue weighted by atomic mass is 16.2. The number of aromatic amines is 1. The number of H-pyrrole nitrogens is 1. The van der Waals surface area contributed by atoms with E-state index >= 15 is 0 Å². The average Bonchev–Trinajstić information content (AvgIpc) is 3.06. The molecule has 0 spiro atoms. The van der Waals surface area contributed by atoms with Crippen molar-refractivity contribution in [1.29, 1.82) is 0 Å². The molecule has 4 heteroatoms. The number of amides is 1. The smallest absolute Gasteiger partial charge is 0.225 e. The molecular formula is C19H25N3O. The maximum Gasteiger partial charge on any atom is 0.225 e. The minimum Gasteiger partial charge on any atom is -0.361 e. The second kappa shape index (κ2) is 6.36. The van der Waals surface area contributed by atoms with Gasteiger partial charge in [0.15, 0.2) is 0 Å². The Kier molecular flexibility index (Phi) is 4.08. The molecule has 3 heterocycles. The summed E-state index contributed by atoms with van der Waals surface area (Å²) in [6, 6.07) is 8.51. The van der Waals surface area contributed by atoms with E-state index in [2.05, 4.69) is 45.7 Å². The van der Waals surface area contributed by atoms with E-state index < -0.39 is 0 Å². The number of aromatic nitrogens is 1. The summed E-state index contributed by atoms with van der Waals surface area (Å²) in [6.45, 7) is 3.80. The van der Waals surface area contributed by atoms with Gasteiger partial charge in [0.05, 0.1) is 0 Å². The fourth-order valence-electron chi connectivity index (χ4n) is 4.17. The third kappa shape index (κ3) is 2.88. The van der Waals surface area contributed by atoms with Crippen LogP contribution in [0, 0.1) is 5.92 Å². The molecule has 122 valence electrons. The number of hydrogen-bond donors (Lipinski definition) is 2. The Balaban J connectivity index is 1.41. The second-order valence-electron chi connectivity index (χ2n) is 6.91. The quantitative estimate of drug-likeness (QED) is 0.896. The highest BCUT2D eigenvalue weighted by Gasteiger charge is 2.30. The van der Waals surface area contributed by atoms with Gasteiger partial charge in [0.25, 0.3) is 0 Å². The minimum absolute atomic E-state index is 0.251. The van der Waals surface area contributed by atoms with Crippen molar-refractivity contribution in [2.75, 3.05) is 26.2 Å². The van der Waals surface area contributed by atoms with Gasteiger partial charge in [-0.25, -0.2) is 0 Å². The molecule has 2 fully saturated rings. The summed E-state index contributed by atoms with van der Waals surface area (Å²) in [5, 5.41) is 4.68. The average molecular weight is 311 g/mol. The molecular weight excluding hydrogens is 286 g/mol. The van der Waals surface area contributed by atoms with E-state index in [1.54, 1.807) is 0 Å². The number of fused-ring (bicyclic) bond motifs is 1. The van der Waals surface area contributed by atoms with Crippen LogP contribution < -0.4 is 5.32 Å². The summed E-state index contributed by atoms with van der Waals surface area (Å²) in [5.74, 6) is 1.22. The third-order valence-corrected chi connectivity index (χ3v) is 5.56. The molecule has 0 aliphatic carbocycles. The number of likely N-dealkylation sites (tertiary alicyclic amines) is 1. The topological polar surface area (TPSA) is 48.1 Å². The van der Waals surface area contributed by atoms with Crippen LogP contribution in [-0.2, 0) is 4.79 Å². The van der Waals surface area contributed by atoms with E-state index in [4.69, 9.17) is 0 Å². The van der Waals surface area contributed by atoms with E-state index in [0.717, 1.165) is 51.9 Å². The maximum absolute atomic E-state index is 12.7. The fourth-order valence-corrected chi connectivity index (χ4v) is 4.17. The normalized spacial score (nSPS) is 21.0. The van der Waals surface area contributed by atoms with Crippen molar-refractivity contribution >= 4 is 16.8 Å². The molecule has 0 unspecified atom stereocenters. The number of carbonyl (C=O) groups is 1. The molecule has 0 bridgehead atoms. The first-order valence-corrected chi connectivity index (χ1v) is 8.88. The van der Waals surface area contributed by atoms with Crippen LogP contribution in [0.4, 0.5) is 0 Å². The third-order valence-electron chi connectivity index (χ3n) is 5.56. The lowest BCUT2D eigenvalue weighted by atomic mass is 9.88. The van der Waals surface area contributed by atoms with E-state index in [1.165, 1.54) is 16.5 Å². The molecule has 0 atom stereocenters. The van der Waals surface area contributed by atoms with Crippen molar-refractivity contribution in [3.63, 3.8) is 0 Å². The first kappa shape index (κ1) is 14.8. The summed E-state index contributed by atoms with van der Waals surface area (Å²) in [5.41, 5.74) is 2.64. The van der Waals surface area contributed by atoms with Crippen LogP contribution in [0.1, 0.15) is 37.2 Å². The van der Waals surface area contributed by atoms with Gasteiger partial charge in [-0.15, -0.1) is 0 Å². The van der Waals surface area contributed by atoms with Crippen molar-refractivity contribution in [3.8, 4) is 0 Å². The maximum atomic E-state index is 12.7. The van der Waals surface area contributed by atoms with Crippen molar-refractivity contribution < 1.29 is 4.79 Å². The van der Waals surface area contributed by atoms with Crippen molar-refractivity contribution in [2.24, 2.45) is 5.92 Å². The molecule has 4 nitrogen and oxygen atoms in total. The van der Waals surface area contributed by atoms with Gasteiger partial charge in [0, 0.05) is 36.1 Å². The van der Waals surface area contributed by atoms with Crippen LogP contribution >= 0.6 is 0 Å². The predicted molar refractivity (Wildman–Crippen MR) is 92.4 cm³/mol. The molecule has 23 heavy (non-hydrogen) atoms. The number of carbonyl (C=O) groups excluding carboxylic acids is 1. The van der Waals surface area contributed by atoms with Gasteiger partial charge in [0.1, 0.15) is 0 Å². The van der Waals surface area contributed by atoms with Crippen LogP contribution in [0.15, 0.2) is 30.5 Å². The molecule has 2 aliphatic rings. The fraction of sp³-hybridized carbons (Fsp3) is 0.526. The second-order valence-corrected chi connectivity index (χ2v) is 6.91. The SMILES string of the molecule is O=C(C1CCNCC1)N1CCC(c2c[nH]c3ccccc23)CC1. The Morgan fingerprint density at radius 3 is 2.57 bits per heavy atom. The van der Waals surface area contributed by atoms with Crippen molar-refractivity contribution in [3.05, 3.63) is 36.0 Å². The van der Waals surface area contributed by atoms with Gasteiger partial charge < -0.3 is 15.2 Å². The summed E-state index contributed by atoms with van der Waals surface area (Å²) in [6.07, 6.45) is 6.33. The Labute approximate surface area is 137 Å². The lowest BCUT2D eigenvalue weighted by Gasteiger charge is -2.35. The largest absolute Gasteiger partial charge is 0.361 e. The molecule has 2 N–H and O–H groups in total. The van der Waals surface area contributed by atoms with Crippen LogP contribution in [0.3, 0.4) is 0 Å². The van der Waals surface area contributed by atoms with E-state index in [0.29, 0.717) is 11.8 Å². The lowest BCUT2D eigenvalue weighted by molar-refractivity contribution is -0.137. The molecule has 0 saturated carbocycles. The van der Waals surface area contributed by atoms with Gasteiger partial charge >= 0.3 is 0 Å². The Hall–Kier alpha value is -1.81. The summed E-state index contributed by atoms with van der Waals surface area (Å²) in [4.78, 5) is 18.1. The van der Waals surface area contributed by atoms with Gasteiger partial charge in [0.2, 0.25) is 5.91 Å². The zero-order chi connectivity index (χ0) is 15.6. The molecule has 4 rings (SSSR count). The molecule has 2 aliphatic heterocycles. The zero-order valence-corrected chi connectivity index (χ0v) is 13.6. The van der Waals surface area contributed by atoms with E-state index in [1.807, 2.05) is 0 Å². The molecule has 2 aromatic rings. The first-order chi connectivity index (χ1) is 11.3.